The zero-order valence-electron chi connectivity index (χ0n) is 13.4. The predicted octanol–water partition coefficient (Wildman–Crippen LogP) is 2.27. The van der Waals surface area contributed by atoms with Gasteiger partial charge < -0.3 is 9.47 Å². The summed E-state index contributed by atoms with van der Waals surface area (Å²) in [7, 11) is 3.24. The molecule has 1 aliphatic heterocycles. The highest BCUT2D eigenvalue weighted by molar-refractivity contribution is 5.88. The molecule has 0 spiro atoms. The SMILES string of the molecule is COC1=N[C@]2(OC)[C@H]3C=C(C#N)[C@H]4c5ccccc5[C@]3(C#N)[C@H]2[C@@H]14. The van der Waals surface area contributed by atoms with Crippen molar-refractivity contribution in [2.75, 3.05) is 14.2 Å². The van der Waals surface area contributed by atoms with Crippen molar-refractivity contribution in [1.82, 2.24) is 0 Å². The van der Waals surface area contributed by atoms with Crippen LogP contribution in [0.5, 0.6) is 0 Å². The van der Waals surface area contributed by atoms with Crippen LogP contribution in [0.3, 0.4) is 0 Å². The van der Waals surface area contributed by atoms with Crippen LogP contribution in [0, 0.1) is 40.4 Å². The summed E-state index contributed by atoms with van der Waals surface area (Å²) >= 11 is 0. The third-order valence-corrected chi connectivity index (χ3v) is 6.43. The second kappa shape index (κ2) is 4.06. The maximum Gasteiger partial charge on any atom is 0.190 e. The highest BCUT2D eigenvalue weighted by Gasteiger charge is 2.82. The molecule has 6 bridgehead atoms. The molecule has 0 aromatic heterocycles. The summed E-state index contributed by atoms with van der Waals surface area (Å²) in [5.41, 5.74) is 1.25. The molecule has 24 heavy (non-hydrogen) atoms. The molecule has 5 nitrogen and oxygen atoms in total. The average molecular weight is 317 g/mol. The van der Waals surface area contributed by atoms with Gasteiger partial charge in [0.15, 0.2) is 11.6 Å². The zero-order valence-corrected chi connectivity index (χ0v) is 13.4. The van der Waals surface area contributed by atoms with Crippen LogP contribution in [0.4, 0.5) is 0 Å². The topological polar surface area (TPSA) is 78.4 Å². The number of nitrogens with zero attached hydrogens (tertiary/aromatic N) is 3. The Kier molecular flexibility index (Phi) is 2.33. The fourth-order valence-electron chi connectivity index (χ4n) is 5.70. The molecule has 5 heteroatoms. The van der Waals surface area contributed by atoms with Gasteiger partial charge in [-0.1, -0.05) is 30.3 Å². The number of hydrogen-bond acceptors (Lipinski definition) is 5. The number of ether oxygens (including phenoxy) is 2. The highest BCUT2D eigenvalue weighted by atomic mass is 16.5. The zero-order chi connectivity index (χ0) is 16.7. The number of hydrogen-bond donors (Lipinski definition) is 0. The molecule has 1 heterocycles. The van der Waals surface area contributed by atoms with Crippen molar-refractivity contribution in [2.45, 2.75) is 17.1 Å². The third-order valence-electron chi connectivity index (χ3n) is 6.43. The number of nitriles is 2. The van der Waals surface area contributed by atoms with Gasteiger partial charge in [0.2, 0.25) is 0 Å². The molecule has 118 valence electrons. The number of allylic oxidation sites excluding steroid dienone is 1. The number of benzene rings is 1. The summed E-state index contributed by atoms with van der Waals surface area (Å²) in [6.07, 6.45) is 1.93. The molecular formula is C19H15N3O2. The maximum atomic E-state index is 10.2. The van der Waals surface area contributed by atoms with Crippen molar-refractivity contribution >= 4 is 5.90 Å². The van der Waals surface area contributed by atoms with Crippen LogP contribution in [0.25, 0.3) is 0 Å². The Balaban J connectivity index is 1.91. The lowest BCUT2D eigenvalue weighted by Crippen LogP contribution is -2.71. The number of rotatable bonds is 1. The van der Waals surface area contributed by atoms with Gasteiger partial charge in [0.05, 0.1) is 31.1 Å². The molecule has 0 radical (unpaired) electrons. The van der Waals surface area contributed by atoms with E-state index in [0.717, 1.165) is 11.1 Å². The largest absolute Gasteiger partial charge is 0.484 e. The lowest BCUT2D eigenvalue weighted by atomic mass is 9.41. The van der Waals surface area contributed by atoms with E-state index in [2.05, 4.69) is 12.1 Å². The molecule has 1 saturated carbocycles. The first kappa shape index (κ1) is 13.8. The smallest absolute Gasteiger partial charge is 0.190 e. The Morgan fingerprint density at radius 1 is 1.21 bits per heavy atom. The molecule has 0 saturated heterocycles. The molecule has 0 unspecified atom stereocenters. The van der Waals surface area contributed by atoms with Crippen molar-refractivity contribution in [3.63, 3.8) is 0 Å². The van der Waals surface area contributed by atoms with E-state index in [-0.39, 0.29) is 23.7 Å². The Morgan fingerprint density at radius 2 is 2.00 bits per heavy atom. The fourth-order valence-corrected chi connectivity index (χ4v) is 5.70. The summed E-state index contributed by atoms with van der Waals surface area (Å²) in [4.78, 5) is 4.76. The first-order valence-corrected chi connectivity index (χ1v) is 8.01. The van der Waals surface area contributed by atoms with Gasteiger partial charge in [-0.3, -0.25) is 0 Å². The Hall–Kier alpha value is -2.63. The summed E-state index contributed by atoms with van der Waals surface area (Å²) in [6.45, 7) is 0. The van der Waals surface area contributed by atoms with Gasteiger partial charge >= 0.3 is 0 Å². The summed E-state index contributed by atoms with van der Waals surface area (Å²) in [5.74, 6) is -0.0511. The van der Waals surface area contributed by atoms with Crippen molar-refractivity contribution < 1.29 is 9.47 Å². The van der Waals surface area contributed by atoms with Gasteiger partial charge in [0.1, 0.15) is 5.41 Å². The van der Waals surface area contributed by atoms with E-state index in [0.29, 0.717) is 11.5 Å². The monoisotopic (exact) mass is 317 g/mol. The minimum Gasteiger partial charge on any atom is -0.484 e. The van der Waals surface area contributed by atoms with Crippen molar-refractivity contribution in [2.24, 2.45) is 22.7 Å². The maximum absolute atomic E-state index is 10.2. The quantitative estimate of drug-likeness (QED) is 0.796. The Bertz CT molecular complexity index is 921. The molecule has 0 N–H and O–H groups in total. The Labute approximate surface area is 139 Å². The van der Waals surface area contributed by atoms with Crippen LogP contribution < -0.4 is 0 Å². The first-order valence-electron chi connectivity index (χ1n) is 8.01. The molecule has 4 aliphatic carbocycles. The van der Waals surface area contributed by atoms with E-state index >= 15 is 0 Å². The van der Waals surface area contributed by atoms with E-state index in [1.807, 2.05) is 30.3 Å². The van der Waals surface area contributed by atoms with E-state index < -0.39 is 11.1 Å². The number of aliphatic imine (C=N–C) groups is 1. The normalized spacial score (nSPS) is 42.7. The molecule has 6 atom stereocenters. The van der Waals surface area contributed by atoms with Crippen LogP contribution in [0.2, 0.25) is 0 Å². The van der Waals surface area contributed by atoms with Crippen LogP contribution in [-0.2, 0) is 14.9 Å². The lowest BCUT2D eigenvalue weighted by molar-refractivity contribution is -0.195. The summed E-state index contributed by atoms with van der Waals surface area (Å²) in [6, 6.07) is 12.9. The van der Waals surface area contributed by atoms with Gasteiger partial charge in [-0.2, -0.15) is 10.5 Å². The molecule has 1 aromatic rings. The van der Waals surface area contributed by atoms with E-state index in [1.54, 1.807) is 14.2 Å². The van der Waals surface area contributed by atoms with Gasteiger partial charge in [0, 0.05) is 24.5 Å². The van der Waals surface area contributed by atoms with E-state index in [4.69, 9.17) is 14.5 Å². The van der Waals surface area contributed by atoms with Crippen LogP contribution in [0.1, 0.15) is 17.0 Å². The van der Waals surface area contributed by atoms with Gasteiger partial charge in [-0.15, -0.1) is 0 Å². The average Bonchev–Trinajstić information content (AvgIpc) is 2.72. The summed E-state index contributed by atoms with van der Waals surface area (Å²) < 4.78 is 11.4. The van der Waals surface area contributed by atoms with Crippen LogP contribution >= 0.6 is 0 Å². The van der Waals surface area contributed by atoms with Gasteiger partial charge in [-0.05, 0) is 11.1 Å². The van der Waals surface area contributed by atoms with Gasteiger partial charge in [0.25, 0.3) is 0 Å². The molecular weight excluding hydrogens is 302 g/mol. The second-order valence-electron chi connectivity index (χ2n) is 6.87. The Morgan fingerprint density at radius 3 is 2.67 bits per heavy atom. The minimum absolute atomic E-state index is 0.123. The number of methoxy groups -OCH3 is 2. The van der Waals surface area contributed by atoms with Crippen molar-refractivity contribution in [1.29, 1.82) is 10.5 Å². The lowest BCUT2D eigenvalue weighted by Gasteiger charge is -2.62. The van der Waals surface area contributed by atoms with Crippen LogP contribution in [-0.4, -0.2) is 25.8 Å². The summed E-state index contributed by atoms with van der Waals surface area (Å²) in [5, 5.41) is 20.0. The fraction of sp³-hybridized carbons (Fsp3) is 0.421. The van der Waals surface area contributed by atoms with Crippen molar-refractivity contribution in [3.8, 4) is 12.1 Å². The first-order chi connectivity index (χ1) is 11.7. The standard InChI is InChI=1S/C19H15N3O2/c1-23-17-15-14-10(8-20)7-13-18(9-21,12-6-4-3-5-11(12)14)16(15)19(13,22-17)24-2/h3-7,13-16H,1-2H3/t13-,14-,15-,16+,18-,19-/m0/s1. The second-order valence-corrected chi connectivity index (χ2v) is 6.87. The molecule has 1 fully saturated rings. The molecule has 1 aromatic carbocycles. The molecule has 0 amide bonds. The predicted molar refractivity (Wildman–Crippen MR) is 84.8 cm³/mol. The van der Waals surface area contributed by atoms with Crippen LogP contribution in [0.15, 0.2) is 40.9 Å². The minimum atomic E-state index is -0.796. The van der Waals surface area contributed by atoms with Gasteiger partial charge in [-0.25, -0.2) is 4.99 Å². The van der Waals surface area contributed by atoms with E-state index in [9.17, 15) is 10.5 Å². The third kappa shape index (κ3) is 1.09. The van der Waals surface area contributed by atoms with Crippen molar-refractivity contribution in [3.05, 3.63) is 47.0 Å². The molecule has 5 aliphatic rings. The molecule has 6 rings (SSSR count). The highest BCUT2D eigenvalue weighted by Crippen LogP contribution is 2.75. The van der Waals surface area contributed by atoms with E-state index in [1.165, 1.54) is 0 Å².